The third kappa shape index (κ3) is 13.5. The van der Waals surface area contributed by atoms with E-state index in [2.05, 4.69) is 23.7 Å². The molecule has 0 aliphatic rings. The molecule has 0 unspecified atom stereocenters. The van der Waals surface area contributed by atoms with E-state index in [9.17, 15) is 4.79 Å². The Labute approximate surface area is 96.6 Å². The number of nitrogens with zero attached hydrogens (tertiary/aromatic N) is 1. The van der Waals surface area contributed by atoms with E-state index < -0.39 is 5.91 Å². The number of thioether (sulfide) groups is 1. The van der Waals surface area contributed by atoms with Crippen LogP contribution in [0.3, 0.4) is 0 Å². The van der Waals surface area contributed by atoms with Gasteiger partial charge < -0.3 is 28.5 Å². The first-order valence-corrected chi connectivity index (χ1v) is 4.05. The summed E-state index contributed by atoms with van der Waals surface area (Å²) >= 11 is 1.68. The molecule has 0 aromatic rings. The van der Waals surface area contributed by atoms with Gasteiger partial charge in [-0.15, -0.1) is 5.75 Å². The first kappa shape index (κ1) is 14.0. The maximum atomic E-state index is 10.1. The van der Waals surface area contributed by atoms with Gasteiger partial charge in [-0.3, -0.25) is 0 Å². The zero-order valence-corrected chi connectivity index (χ0v) is 10.1. The van der Waals surface area contributed by atoms with Gasteiger partial charge >= 0.3 is 0 Å². The van der Waals surface area contributed by atoms with Crippen molar-refractivity contribution < 1.29 is 37.5 Å². The van der Waals surface area contributed by atoms with Crippen LogP contribution in [0.2, 0.25) is 0 Å². The smallest absolute Gasteiger partial charge is 0.0978 e. The predicted molar refractivity (Wildman–Crippen MR) is 43.9 cm³/mol. The normalized spacial score (nSPS) is 9.18. The van der Waals surface area contributed by atoms with Gasteiger partial charge in [-0.25, -0.2) is 0 Å². The van der Waals surface area contributed by atoms with E-state index in [0.717, 1.165) is 5.75 Å². The van der Waals surface area contributed by atoms with Crippen LogP contribution in [-0.2, 0) is 37.5 Å². The number of nitrogens with one attached hydrogen (secondary N) is 1. The Hall–Kier alpha value is 0.464. The van der Waals surface area contributed by atoms with Gasteiger partial charge in [0.1, 0.15) is 0 Å². The van der Waals surface area contributed by atoms with Crippen LogP contribution < -0.4 is 5.43 Å². The summed E-state index contributed by atoms with van der Waals surface area (Å²) in [7, 11) is 0. The van der Waals surface area contributed by atoms with Gasteiger partial charge in [0.15, 0.2) is 0 Å². The minimum Gasteiger partial charge on any atom is -0.399 e. The van der Waals surface area contributed by atoms with Gasteiger partial charge in [0.2, 0.25) is 0 Å². The van der Waals surface area contributed by atoms with E-state index in [0.29, 0.717) is 5.75 Å². The first-order chi connectivity index (χ1) is 4.77. The average molecular weight is 247 g/mol. The van der Waals surface area contributed by atoms with E-state index >= 15 is 0 Å². The van der Waals surface area contributed by atoms with E-state index in [1.165, 1.54) is 0 Å². The molecule has 0 aromatic heterocycles. The van der Waals surface area contributed by atoms with Gasteiger partial charge in [-0.05, 0) is 5.75 Å². The van der Waals surface area contributed by atoms with Crippen molar-refractivity contribution in [3.05, 3.63) is 6.92 Å². The van der Waals surface area contributed by atoms with Gasteiger partial charge in [-0.2, -0.15) is 11.8 Å². The fourth-order valence-corrected chi connectivity index (χ4v) is 0.642. The number of rotatable bonds is 4. The first-order valence-electron chi connectivity index (χ1n) is 2.89. The molecule has 0 atom stereocenters. The Kier molecular flexibility index (Phi) is 13.3. The molecule has 0 aliphatic carbocycles. The van der Waals surface area contributed by atoms with Crippen molar-refractivity contribution in [1.29, 1.82) is 0 Å². The molecule has 3 nitrogen and oxygen atoms in total. The Balaban J connectivity index is 0. The molecule has 0 rings (SSSR count). The Bertz CT molecular complexity index is 130. The summed E-state index contributed by atoms with van der Waals surface area (Å²) in [4.78, 5) is 10.1. The fourth-order valence-electron chi connectivity index (χ4n) is 0.282. The van der Waals surface area contributed by atoms with Crippen LogP contribution >= 0.6 is 11.8 Å². The Morgan fingerprint density at radius 1 is 1.82 bits per heavy atom. The van der Waals surface area contributed by atoms with Crippen molar-refractivity contribution in [2.75, 3.05) is 11.5 Å². The topological polar surface area (TPSA) is 41.5 Å². The van der Waals surface area contributed by atoms with Crippen molar-refractivity contribution in [2.45, 2.75) is 6.92 Å². The molecule has 0 fully saturated rings. The van der Waals surface area contributed by atoms with Gasteiger partial charge in [0.05, 0.1) is 5.91 Å². The maximum absolute atomic E-state index is 10.1. The SMILES string of the molecule is [CH2-]C(=O)NN=[C-]CSCC.[Y]. The van der Waals surface area contributed by atoms with Crippen LogP contribution in [0.1, 0.15) is 6.92 Å². The number of hydrogen-bond donors (Lipinski definition) is 1. The second-order valence-corrected chi connectivity index (χ2v) is 2.72. The second kappa shape index (κ2) is 10.5. The van der Waals surface area contributed by atoms with E-state index in [4.69, 9.17) is 0 Å². The number of hydrogen-bond acceptors (Lipinski definition) is 3. The van der Waals surface area contributed by atoms with E-state index in [1.807, 2.05) is 6.92 Å². The predicted octanol–water partition coefficient (Wildman–Crippen LogP) is 0.550. The molecule has 0 saturated heterocycles. The number of amides is 1. The summed E-state index contributed by atoms with van der Waals surface area (Å²) in [5.74, 6) is 1.33. The van der Waals surface area contributed by atoms with Crippen molar-refractivity contribution in [3.63, 3.8) is 0 Å². The number of carbonyl (C=O) groups is 1. The van der Waals surface area contributed by atoms with E-state index in [-0.39, 0.29) is 32.7 Å². The van der Waals surface area contributed by atoms with Crippen LogP contribution in [0.15, 0.2) is 5.10 Å². The molecule has 0 aliphatic heterocycles. The summed E-state index contributed by atoms with van der Waals surface area (Å²) in [5.41, 5.74) is 2.15. The molecule has 0 aromatic carbocycles. The van der Waals surface area contributed by atoms with Gasteiger partial charge in [0, 0.05) is 32.7 Å². The summed E-state index contributed by atoms with van der Waals surface area (Å²) < 4.78 is 0. The molecule has 0 saturated carbocycles. The average Bonchev–Trinajstić information content (AvgIpc) is 1.87. The zero-order chi connectivity index (χ0) is 7.82. The molecule has 61 valence electrons. The maximum Gasteiger partial charge on any atom is 0.0978 e. The molecule has 1 N–H and O–H groups in total. The summed E-state index contributed by atoms with van der Waals surface area (Å²) in [6.07, 6.45) is 2.63. The fraction of sp³-hybridized carbons (Fsp3) is 0.500. The zero-order valence-electron chi connectivity index (χ0n) is 6.46. The molecular weight excluding hydrogens is 237 g/mol. The van der Waals surface area contributed by atoms with Crippen LogP contribution in [0.25, 0.3) is 0 Å². The molecule has 0 heterocycles. The third-order valence-electron chi connectivity index (χ3n) is 0.630. The van der Waals surface area contributed by atoms with Crippen molar-refractivity contribution in [1.82, 2.24) is 5.43 Å². The monoisotopic (exact) mass is 247 g/mol. The molecule has 0 spiro atoms. The van der Waals surface area contributed by atoms with E-state index in [1.54, 1.807) is 11.8 Å². The standard InChI is InChI=1S/C6H10N2OS.Y/c1-3-10-5-4-7-8-6(2)9;/h2-3,5H2,1H3,(H,8,9);/q-2;. The largest absolute Gasteiger partial charge is 0.399 e. The molecular formula is C6H10N2OSY-2. The minimum atomic E-state index is -0.408. The van der Waals surface area contributed by atoms with Crippen molar-refractivity contribution in [3.8, 4) is 0 Å². The van der Waals surface area contributed by atoms with Crippen LogP contribution in [0.4, 0.5) is 0 Å². The van der Waals surface area contributed by atoms with Crippen LogP contribution in [-0.4, -0.2) is 23.6 Å². The molecule has 5 heteroatoms. The van der Waals surface area contributed by atoms with Crippen molar-refractivity contribution >= 4 is 23.9 Å². The Morgan fingerprint density at radius 2 is 2.45 bits per heavy atom. The molecule has 1 radical (unpaired) electrons. The van der Waals surface area contributed by atoms with Crippen LogP contribution in [0.5, 0.6) is 0 Å². The summed E-state index contributed by atoms with van der Waals surface area (Å²) in [6.45, 7) is 5.11. The molecule has 0 bridgehead atoms. The summed E-state index contributed by atoms with van der Waals surface area (Å²) in [6, 6.07) is 0. The van der Waals surface area contributed by atoms with Crippen molar-refractivity contribution in [2.24, 2.45) is 5.10 Å². The molecule has 11 heavy (non-hydrogen) atoms. The van der Waals surface area contributed by atoms with Gasteiger partial charge in [-0.1, -0.05) is 6.92 Å². The third-order valence-corrected chi connectivity index (χ3v) is 1.37. The second-order valence-electron chi connectivity index (χ2n) is 1.44. The van der Waals surface area contributed by atoms with Crippen LogP contribution in [0, 0.1) is 6.92 Å². The quantitative estimate of drug-likeness (QED) is 0.341. The Morgan fingerprint density at radius 3 is 2.91 bits per heavy atom. The molecule has 1 amide bonds. The number of carbonyl (C=O) groups excluding carboxylic acids is 1. The number of hydrazone groups is 1. The minimum absolute atomic E-state index is 0. The van der Waals surface area contributed by atoms with Gasteiger partial charge in [0.25, 0.3) is 0 Å². The summed E-state index contributed by atoms with van der Waals surface area (Å²) in [5, 5.41) is 3.48.